The molecular weight excluding hydrogens is 178 g/mol. The lowest BCUT2D eigenvalue weighted by molar-refractivity contribution is 0.0879. The van der Waals surface area contributed by atoms with Crippen LogP contribution in [-0.4, -0.2) is 11.8 Å². The van der Waals surface area contributed by atoms with Gasteiger partial charge in [0.1, 0.15) is 0 Å². The van der Waals surface area contributed by atoms with Gasteiger partial charge in [-0.25, -0.2) is 0 Å². The molecule has 3 heteroatoms. The minimum absolute atomic E-state index is 0.300. The van der Waals surface area contributed by atoms with E-state index in [2.05, 4.69) is 17.7 Å². The quantitative estimate of drug-likeness (QED) is 0.490. The molecule has 0 bridgehead atoms. The number of hydrogen-bond donors (Lipinski definition) is 1. The van der Waals surface area contributed by atoms with Crippen LogP contribution in [0.25, 0.3) is 0 Å². The van der Waals surface area contributed by atoms with Crippen molar-refractivity contribution in [3.63, 3.8) is 0 Å². The molecule has 0 aromatic heterocycles. The predicted molar refractivity (Wildman–Crippen MR) is 52.7 cm³/mol. The molecule has 0 aliphatic carbocycles. The maximum absolute atomic E-state index is 10.9. The molecule has 2 amide bonds. The topological polar surface area (TPSA) is 46.2 Å². The average molecular weight is 187 g/mol. The molecule has 2 rings (SSSR count). The van der Waals surface area contributed by atoms with E-state index in [9.17, 15) is 9.59 Å². The van der Waals surface area contributed by atoms with Crippen LogP contribution in [0.4, 0.5) is 0 Å². The normalized spacial score (nSPS) is 12.0. The van der Waals surface area contributed by atoms with Crippen LogP contribution < -0.4 is 5.32 Å². The largest absolute Gasteiger partial charge is 0.288 e. The molecule has 1 N–H and O–H groups in total. The molecular formula is C11H9NO2. The van der Waals surface area contributed by atoms with Gasteiger partial charge in [0, 0.05) is 0 Å². The van der Waals surface area contributed by atoms with Gasteiger partial charge in [-0.05, 0) is 19.1 Å². The molecule has 0 saturated carbocycles. The van der Waals surface area contributed by atoms with Crippen LogP contribution in [0.5, 0.6) is 0 Å². The highest BCUT2D eigenvalue weighted by molar-refractivity contribution is 6.21. The Morgan fingerprint density at radius 2 is 1.50 bits per heavy atom. The molecule has 70 valence electrons. The van der Waals surface area contributed by atoms with E-state index in [0.29, 0.717) is 11.1 Å². The Labute approximate surface area is 82.1 Å². The number of carbonyl (C=O) groups excluding carboxylic acids is 2. The Morgan fingerprint density at radius 1 is 1.14 bits per heavy atom. The van der Waals surface area contributed by atoms with Crippen molar-refractivity contribution in [3.05, 3.63) is 35.4 Å². The van der Waals surface area contributed by atoms with E-state index < -0.39 is 0 Å². The lowest BCUT2D eigenvalue weighted by Crippen LogP contribution is -2.19. The fraction of sp³-hybridized carbons (Fsp3) is 0.0909. The lowest BCUT2D eigenvalue weighted by Gasteiger charge is -1.88. The van der Waals surface area contributed by atoms with E-state index in [4.69, 9.17) is 0 Å². The minimum Gasteiger partial charge on any atom is -0.288 e. The van der Waals surface area contributed by atoms with E-state index >= 15 is 0 Å². The smallest absolute Gasteiger partial charge is 0.258 e. The Bertz CT molecular complexity index is 383. The van der Waals surface area contributed by atoms with Crippen molar-refractivity contribution in [3.8, 4) is 12.3 Å². The molecule has 3 nitrogen and oxygen atoms in total. The summed E-state index contributed by atoms with van der Waals surface area (Å²) < 4.78 is 0. The number of rotatable bonds is 0. The monoisotopic (exact) mass is 187 g/mol. The maximum Gasteiger partial charge on any atom is 0.258 e. The highest BCUT2D eigenvalue weighted by Gasteiger charge is 2.25. The zero-order chi connectivity index (χ0) is 10.6. The summed E-state index contributed by atoms with van der Waals surface area (Å²) in [6.45, 7) is 1.65. The van der Waals surface area contributed by atoms with Crippen molar-refractivity contribution in [1.29, 1.82) is 0 Å². The third kappa shape index (κ3) is 1.80. The summed E-state index contributed by atoms with van der Waals surface area (Å²) in [4.78, 5) is 21.9. The zero-order valence-corrected chi connectivity index (χ0v) is 7.70. The molecule has 0 radical (unpaired) electrons. The Morgan fingerprint density at radius 3 is 1.86 bits per heavy atom. The van der Waals surface area contributed by atoms with Crippen LogP contribution in [0.15, 0.2) is 24.3 Å². The first-order valence-corrected chi connectivity index (χ1v) is 4.02. The second-order valence-corrected chi connectivity index (χ2v) is 2.62. The van der Waals surface area contributed by atoms with Crippen molar-refractivity contribution in [2.24, 2.45) is 0 Å². The fourth-order valence-corrected chi connectivity index (χ4v) is 1.12. The number of nitrogens with one attached hydrogen (secondary N) is 1. The summed E-state index contributed by atoms with van der Waals surface area (Å²) >= 11 is 0. The SMILES string of the molecule is C#CC.O=C1NC(=O)c2ccccc21. The molecule has 1 aromatic rings. The van der Waals surface area contributed by atoms with Gasteiger partial charge < -0.3 is 0 Å². The molecule has 0 saturated heterocycles. The van der Waals surface area contributed by atoms with Crippen LogP contribution in [0.3, 0.4) is 0 Å². The molecule has 14 heavy (non-hydrogen) atoms. The van der Waals surface area contributed by atoms with Gasteiger partial charge in [0.05, 0.1) is 11.1 Å². The Balaban J connectivity index is 0.000000293. The van der Waals surface area contributed by atoms with Crippen molar-refractivity contribution in [2.75, 3.05) is 0 Å². The number of imide groups is 1. The highest BCUT2D eigenvalue weighted by Crippen LogP contribution is 2.13. The van der Waals surface area contributed by atoms with Gasteiger partial charge in [-0.3, -0.25) is 14.9 Å². The standard InChI is InChI=1S/C8H5NO2.C3H4/c10-7-5-3-1-2-4-6(5)8(11)9-7;1-3-2/h1-4H,(H,9,10,11);1H,2H3. The van der Waals surface area contributed by atoms with E-state index in [-0.39, 0.29) is 11.8 Å². The van der Waals surface area contributed by atoms with E-state index in [1.54, 1.807) is 31.2 Å². The van der Waals surface area contributed by atoms with E-state index in [0.717, 1.165) is 0 Å². The molecule has 0 unspecified atom stereocenters. The summed E-state index contributed by atoms with van der Waals surface area (Å²) in [6.07, 6.45) is 4.60. The van der Waals surface area contributed by atoms with Gasteiger partial charge in [-0.2, -0.15) is 0 Å². The van der Waals surface area contributed by atoms with Crippen LogP contribution in [-0.2, 0) is 0 Å². The summed E-state index contributed by atoms with van der Waals surface area (Å²) in [7, 11) is 0. The number of fused-ring (bicyclic) bond motifs is 1. The summed E-state index contributed by atoms with van der Waals surface area (Å²) in [6, 6.07) is 6.74. The van der Waals surface area contributed by atoms with Gasteiger partial charge in [0.25, 0.3) is 11.8 Å². The summed E-state index contributed by atoms with van der Waals surface area (Å²) in [5, 5.41) is 2.20. The van der Waals surface area contributed by atoms with Gasteiger partial charge in [0.15, 0.2) is 0 Å². The van der Waals surface area contributed by atoms with Crippen LogP contribution in [0, 0.1) is 12.3 Å². The molecule has 1 aliphatic rings. The maximum atomic E-state index is 10.9. The third-order valence-corrected chi connectivity index (χ3v) is 1.64. The Kier molecular flexibility index (Phi) is 3.03. The number of carbonyl (C=O) groups is 2. The molecule has 0 spiro atoms. The van der Waals surface area contributed by atoms with E-state index in [1.807, 2.05) is 0 Å². The van der Waals surface area contributed by atoms with Gasteiger partial charge in [0.2, 0.25) is 0 Å². The second-order valence-electron chi connectivity index (χ2n) is 2.62. The fourth-order valence-electron chi connectivity index (χ4n) is 1.12. The van der Waals surface area contributed by atoms with Crippen molar-refractivity contribution in [1.82, 2.24) is 5.32 Å². The first kappa shape index (κ1) is 10.0. The summed E-state index contributed by atoms with van der Waals surface area (Å²) in [5.74, 6) is 1.65. The molecule has 1 aliphatic heterocycles. The van der Waals surface area contributed by atoms with Crippen molar-refractivity contribution in [2.45, 2.75) is 6.92 Å². The van der Waals surface area contributed by atoms with E-state index in [1.165, 1.54) is 0 Å². The molecule has 0 atom stereocenters. The predicted octanol–water partition coefficient (Wildman–Crippen LogP) is 1.21. The summed E-state index contributed by atoms with van der Waals surface area (Å²) in [5.41, 5.74) is 0.940. The first-order valence-electron chi connectivity index (χ1n) is 4.02. The van der Waals surface area contributed by atoms with Crippen LogP contribution in [0.2, 0.25) is 0 Å². The number of terminal acetylenes is 1. The van der Waals surface area contributed by atoms with Gasteiger partial charge >= 0.3 is 0 Å². The van der Waals surface area contributed by atoms with Crippen LogP contribution >= 0.6 is 0 Å². The molecule has 1 aromatic carbocycles. The molecule has 0 fully saturated rings. The molecule has 1 heterocycles. The Hall–Kier alpha value is -2.08. The number of benzene rings is 1. The zero-order valence-electron chi connectivity index (χ0n) is 7.70. The van der Waals surface area contributed by atoms with Crippen molar-refractivity contribution < 1.29 is 9.59 Å². The average Bonchev–Trinajstić information content (AvgIpc) is 2.45. The number of hydrogen-bond acceptors (Lipinski definition) is 2. The second kappa shape index (κ2) is 4.24. The first-order chi connectivity index (χ1) is 6.70. The minimum atomic E-state index is -0.300. The van der Waals surface area contributed by atoms with Crippen molar-refractivity contribution >= 4 is 11.8 Å². The lowest BCUT2D eigenvalue weighted by atomic mass is 10.1. The number of amides is 2. The van der Waals surface area contributed by atoms with Gasteiger partial charge in [-0.15, -0.1) is 12.3 Å². The third-order valence-electron chi connectivity index (χ3n) is 1.64. The van der Waals surface area contributed by atoms with Gasteiger partial charge in [-0.1, -0.05) is 12.1 Å². The highest BCUT2D eigenvalue weighted by atomic mass is 16.2. The van der Waals surface area contributed by atoms with Crippen LogP contribution in [0.1, 0.15) is 27.6 Å².